The van der Waals surface area contributed by atoms with Crippen molar-refractivity contribution in [1.82, 2.24) is 0 Å². The molecular formula is C48H78O18. The average molecular weight is 943 g/mol. The number of carboxylic acids is 1. The number of ether oxygens (including phenoxy) is 6. The molecule has 0 unspecified atom stereocenters. The Kier molecular flexibility index (Phi) is 13.9. The van der Waals surface area contributed by atoms with E-state index < -0.39 is 135 Å². The summed E-state index contributed by atoms with van der Waals surface area (Å²) in [6.07, 6.45) is -15.3. The van der Waals surface area contributed by atoms with E-state index in [0.29, 0.717) is 19.3 Å². The molecule has 23 atom stereocenters. The first kappa shape index (κ1) is 50.9. The van der Waals surface area contributed by atoms with Crippen molar-refractivity contribution in [2.75, 3.05) is 19.8 Å². The number of hydrogen-bond acceptors (Lipinski definition) is 17. The van der Waals surface area contributed by atoms with Crippen LogP contribution in [0.3, 0.4) is 0 Å². The summed E-state index contributed by atoms with van der Waals surface area (Å²) in [5, 5.41) is 117. The maximum Gasteiger partial charge on any atom is 0.310 e. The molecule has 0 aromatic heterocycles. The van der Waals surface area contributed by atoms with E-state index in [-0.39, 0.29) is 39.4 Å². The SMILES string of the molecule is CC1(C)CC[C@]2(C(=O)O)CC[C@]3(C)C(=CC[C@@H]4[C@@]5(C)CC[C@H](O[C@@H]6O[C@H](CO)[C@@H](O)[C@H](O[C@@H]7O[C@H](CO)[C@@H](O)[C@H](O)[C@H]7O)[C@H]6O[C@@H]6O[C@H](CO)[C@@H](O)[C@H](O)[C@H]6O)C(C)(C)[C@@H]5CC[C@]43C)[C@@H]2C1. The van der Waals surface area contributed by atoms with Crippen LogP contribution in [0.15, 0.2) is 11.6 Å². The van der Waals surface area contributed by atoms with Crippen LogP contribution in [0, 0.1) is 50.2 Å². The van der Waals surface area contributed by atoms with Crippen LogP contribution in [0.1, 0.15) is 113 Å². The lowest BCUT2D eigenvalue weighted by molar-refractivity contribution is -0.399. The number of aliphatic hydroxyl groups excluding tert-OH is 10. The molecule has 7 fully saturated rings. The molecule has 378 valence electrons. The summed E-state index contributed by atoms with van der Waals surface area (Å²) in [6, 6.07) is 0. The van der Waals surface area contributed by atoms with Gasteiger partial charge in [0.1, 0.15) is 73.2 Å². The van der Waals surface area contributed by atoms with Gasteiger partial charge in [-0.15, -0.1) is 0 Å². The van der Waals surface area contributed by atoms with Crippen LogP contribution >= 0.6 is 0 Å². The van der Waals surface area contributed by atoms with Crippen LogP contribution in [0.5, 0.6) is 0 Å². The molecule has 0 aromatic rings. The Morgan fingerprint density at radius 3 is 1.70 bits per heavy atom. The normalized spacial score (nSPS) is 53.3. The molecule has 3 aliphatic heterocycles. The van der Waals surface area contributed by atoms with Crippen LogP contribution in [0.2, 0.25) is 0 Å². The molecule has 0 spiro atoms. The second-order valence-corrected chi connectivity index (χ2v) is 23.5. The van der Waals surface area contributed by atoms with Gasteiger partial charge in [0.15, 0.2) is 18.9 Å². The summed E-state index contributed by atoms with van der Waals surface area (Å²) in [6.45, 7) is 13.9. The van der Waals surface area contributed by atoms with Crippen LogP contribution < -0.4 is 0 Å². The van der Waals surface area contributed by atoms with Gasteiger partial charge in [-0.25, -0.2) is 0 Å². The van der Waals surface area contributed by atoms with E-state index in [1.165, 1.54) is 5.57 Å². The first-order chi connectivity index (χ1) is 30.9. The van der Waals surface area contributed by atoms with E-state index in [9.17, 15) is 61.0 Å². The lowest BCUT2D eigenvalue weighted by atomic mass is 9.33. The second-order valence-electron chi connectivity index (χ2n) is 23.5. The molecule has 18 heteroatoms. The fourth-order valence-electron chi connectivity index (χ4n) is 15.1. The predicted octanol–water partition coefficient (Wildman–Crippen LogP) is 0.706. The molecule has 0 radical (unpaired) electrons. The Morgan fingerprint density at radius 1 is 0.606 bits per heavy atom. The Hall–Kier alpha value is -1.43. The maximum absolute atomic E-state index is 13.2. The van der Waals surface area contributed by atoms with Crippen molar-refractivity contribution in [3.63, 3.8) is 0 Å². The van der Waals surface area contributed by atoms with E-state index in [0.717, 1.165) is 44.9 Å². The van der Waals surface area contributed by atoms with Gasteiger partial charge >= 0.3 is 5.97 Å². The summed E-state index contributed by atoms with van der Waals surface area (Å²) in [5.74, 6) is -0.261. The molecular weight excluding hydrogens is 865 g/mol. The molecule has 3 saturated heterocycles. The van der Waals surface area contributed by atoms with Gasteiger partial charge in [-0.1, -0.05) is 60.1 Å². The highest BCUT2D eigenvalue weighted by atomic mass is 16.8. The molecule has 18 nitrogen and oxygen atoms in total. The van der Waals surface area contributed by atoms with Crippen molar-refractivity contribution in [3.05, 3.63) is 11.6 Å². The monoisotopic (exact) mass is 943 g/mol. The van der Waals surface area contributed by atoms with Crippen molar-refractivity contribution in [3.8, 4) is 0 Å². The zero-order valence-corrected chi connectivity index (χ0v) is 39.5. The number of hydrogen-bond donors (Lipinski definition) is 11. The Labute approximate surface area is 387 Å². The number of allylic oxidation sites excluding steroid dienone is 2. The van der Waals surface area contributed by atoms with Gasteiger partial charge in [-0.05, 0) is 109 Å². The first-order valence-electron chi connectivity index (χ1n) is 24.3. The number of rotatable bonds is 10. The summed E-state index contributed by atoms with van der Waals surface area (Å²) in [7, 11) is 0. The lowest BCUT2D eigenvalue weighted by Crippen LogP contribution is -2.68. The van der Waals surface area contributed by atoms with Crippen molar-refractivity contribution in [2.24, 2.45) is 50.2 Å². The molecule has 4 saturated carbocycles. The molecule has 0 amide bonds. The standard InChI is InChI=1S/C48H78O18/c1-43(2)14-16-48(42(59)60)17-15-46(6)22(23(48)18-43)8-9-28-45(5)12-11-29(44(3,4)27(45)10-13-47(28,46)7)64-41-38(66-40-36(58)34(56)31(53)25(20-50)62-40)37(32(54)26(21-51)63-41)65-39-35(57)33(55)30(52)24(19-49)61-39/h8,23-41,49-58H,9-21H2,1-7H3,(H,59,60)/t23-,24+,25+,26+,27-,28+,29-,30+,31+,32+,33-,34-,35+,36+,37-,38+,39-,40-,41-,45-,46+,47+,48-/m0/s1. The van der Waals surface area contributed by atoms with Crippen molar-refractivity contribution in [2.45, 2.75) is 211 Å². The van der Waals surface area contributed by atoms with Gasteiger partial charge in [-0.3, -0.25) is 4.79 Å². The third kappa shape index (κ3) is 7.87. The minimum atomic E-state index is -1.90. The van der Waals surface area contributed by atoms with E-state index in [1.54, 1.807) is 0 Å². The van der Waals surface area contributed by atoms with Gasteiger partial charge in [0.05, 0.1) is 31.3 Å². The third-order valence-electron chi connectivity index (χ3n) is 19.4. The lowest BCUT2D eigenvalue weighted by Gasteiger charge is -2.71. The average Bonchev–Trinajstić information content (AvgIpc) is 3.26. The zero-order valence-electron chi connectivity index (χ0n) is 39.5. The molecule has 5 aliphatic carbocycles. The minimum absolute atomic E-state index is 0.00945. The van der Waals surface area contributed by atoms with Crippen LogP contribution in [-0.2, 0) is 33.2 Å². The van der Waals surface area contributed by atoms with E-state index in [4.69, 9.17) is 28.4 Å². The number of aliphatic carboxylic acids is 1. The highest BCUT2D eigenvalue weighted by Crippen LogP contribution is 2.76. The third-order valence-corrected chi connectivity index (χ3v) is 19.4. The first-order valence-corrected chi connectivity index (χ1v) is 24.3. The van der Waals surface area contributed by atoms with Gasteiger partial charge in [-0.2, -0.15) is 0 Å². The highest BCUT2D eigenvalue weighted by molar-refractivity contribution is 5.76. The Morgan fingerprint density at radius 2 is 1.14 bits per heavy atom. The van der Waals surface area contributed by atoms with Gasteiger partial charge in [0.2, 0.25) is 0 Å². The molecule has 8 rings (SSSR count). The zero-order chi connectivity index (χ0) is 48.3. The van der Waals surface area contributed by atoms with Crippen LogP contribution in [0.25, 0.3) is 0 Å². The fraction of sp³-hybridized carbons (Fsp3) is 0.938. The van der Waals surface area contributed by atoms with Gasteiger partial charge < -0.3 is 84.6 Å². The Bertz CT molecular complexity index is 1790. The fourth-order valence-corrected chi connectivity index (χ4v) is 15.1. The number of carbonyl (C=O) groups is 1. The Balaban J connectivity index is 1.10. The molecule has 0 bridgehead atoms. The number of fused-ring (bicyclic) bond motifs is 7. The molecule has 3 heterocycles. The van der Waals surface area contributed by atoms with Crippen LogP contribution in [0.4, 0.5) is 0 Å². The van der Waals surface area contributed by atoms with E-state index in [1.807, 2.05) is 0 Å². The van der Waals surface area contributed by atoms with Gasteiger partial charge in [0.25, 0.3) is 0 Å². The quantitative estimate of drug-likeness (QED) is 0.106. The largest absolute Gasteiger partial charge is 0.481 e. The number of aliphatic hydroxyl groups is 10. The van der Waals surface area contributed by atoms with Crippen molar-refractivity contribution < 1.29 is 89.4 Å². The highest BCUT2D eigenvalue weighted by Gasteiger charge is 2.70. The predicted molar refractivity (Wildman–Crippen MR) is 231 cm³/mol. The topological polar surface area (TPSA) is 295 Å². The molecule has 0 aromatic carbocycles. The summed E-state index contributed by atoms with van der Waals surface area (Å²) < 4.78 is 37.1. The minimum Gasteiger partial charge on any atom is -0.481 e. The number of carboxylic acid groups (broad SMARTS) is 1. The molecule has 8 aliphatic rings. The molecule has 11 N–H and O–H groups in total. The van der Waals surface area contributed by atoms with E-state index >= 15 is 0 Å². The second kappa shape index (κ2) is 18.0. The van der Waals surface area contributed by atoms with Crippen molar-refractivity contribution in [1.29, 1.82) is 0 Å². The summed E-state index contributed by atoms with van der Waals surface area (Å²) in [4.78, 5) is 13.2. The maximum atomic E-state index is 13.2. The summed E-state index contributed by atoms with van der Waals surface area (Å²) >= 11 is 0. The molecule has 66 heavy (non-hydrogen) atoms. The van der Waals surface area contributed by atoms with Gasteiger partial charge in [0, 0.05) is 0 Å². The van der Waals surface area contributed by atoms with Crippen molar-refractivity contribution >= 4 is 5.97 Å². The van der Waals surface area contributed by atoms with E-state index in [2.05, 4.69) is 54.5 Å². The summed E-state index contributed by atoms with van der Waals surface area (Å²) in [5.41, 5.74) is -0.317. The van der Waals surface area contributed by atoms with Crippen LogP contribution in [-0.4, -0.2) is 180 Å². The smallest absolute Gasteiger partial charge is 0.310 e.